The maximum Gasteiger partial charge on any atom is 0.387 e. The van der Waals surface area contributed by atoms with Crippen LogP contribution in [0.3, 0.4) is 0 Å². The Hall–Kier alpha value is -3.43. The summed E-state index contributed by atoms with van der Waals surface area (Å²) < 4.78 is 36.8. The number of urea groups is 1. The molecule has 31 heavy (non-hydrogen) atoms. The Morgan fingerprint density at radius 3 is 2.74 bits per heavy atom. The largest absolute Gasteiger partial charge is 0.490 e. The van der Waals surface area contributed by atoms with Gasteiger partial charge in [0.1, 0.15) is 0 Å². The Bertz CT molecular complexity index is 1010. The lowest BCUT2D eigenvalue weighted by Crippen LogP contribution is -2.38. The number of fused-ring (bicyclic) bond motifs is 1. The smallest absolute Gasteiger partial charge is 0.387 e. The second-order valence-electron chi connectivity index (χ2n) is 6.75. The number of carbonyl (C=O) groups is 1. The third-order valence-corrected chi connectivity index (χ3v) is 4.51. The van der Waals surface area contributed by atoms with Crippen LogP contribution in [0.25, 0.3) is 5.65 Å². The number of hydrogen-bond donors (Lipinski definition) is 2. The number of aromatic nitrogens is 3. The maximum atomic E-state index is 12.5. The molecule has 2 N–H and O–H groups in total. The van der Waals surface area contributed by atoms with Crippen molar-refractivity contribution in [1.29, 1.82) is 0 Å². The number of amides is 2. The molecule has 2 aromatic heterocycles. The van der Waals surface area contributed by atoms with E-state index in [2.05, 4.69) is 25.6 Å². The van der Waals surface area contributed by atoms with Gasteiger partial charge in [-0.15, -0.1) is 10.2 Å². The minimum atomic E-state index is -2.95. The van der Waals surface area contributed by atoms with Gasteiger partial charge in [-0.25, -0.2) is 4.79 Å². The summed E-state index contributed by atoms with van der Waals surface area (Å²) in [4.78, 5) is 12.5. The molecule has 0 bridgehead atoms. The van der Waals surface area contributed by atoms with Crippen molar-refractivity contribution in [3.63, 3.8) is 0 Å². The third kappa shape index (κ3) is 5.80. The topological polar surface area (TPSA) is 89.8 Å². The van der Waals surface area contributed by atoms with Crippen molar-refractivity contribution < 1.29 is 23.0 Å². The predicted octanol–water partition coefficient (Wildman–Crippen LogP) is 4.07. The number of halogens is 2. The van der Waals surface area contributed by atoms with E-state index in [4.69, 9.17) is 4.74 Å². The maximum absolute atomic E-state index is 12.5. The molecule has 3 rings (SSSR count). The molecule has 0 aliphatic carbocycles. The van der Waals surface area contributed by atoms with Crippen molar-refractivity contribution >= 4 is 11.7 Å². The summed E-state index contributed by atoms with van der Waals surface area (Å²) in [6.45, 7) is 1.29. The van der Waals surface area contributed by atoms with Crippen LogP contribution in [0.5, 0.6) is 11.5 Å². The third-order valence-electron chi connectivity index (χ3n) is 4.51. The zero-order chi connectivity index (χ0) is 22.2. The van der Waals surface area contributed by atoms with Gasteiger partial charge in [-0.05, 0) is 43.2 Å². The number of nitrogens with zero attached hydrogens (tertiary/aromatic N) is 3. The van der Waals surface area contributed by atoms with Crippen molar-refractivity contribution in [2.24, 2.45) is 0 Å². The molecular weight excluding hydrogens is 408 g/mol. The van der Waals surface area contributed by atoms with Gasteiger partial charge in [0.25, 0.3) is 0 Å². The van der Waals surface area contributed by atoms with E-state index in [-0.39, 0.29) is 30.1 Å². The zero-order valence-electron chi connectivity index (χ0n) is 17.3. The van der Waals surface area contributed by atoms with Crippen LogP contribution in [0.4, 0.5) is 13.6 Å². The Balaban J connectivity index is 1.66. The van der Waals surface area contributed by atoms with E-state index in [1.165, 1.54) is 6.07 Å². The molecule has 0 spiro atoms. The summed E-state index contributed by atoms with van der Waals surface area (Å²) >= 11 is 0. The summed E-state index contributed by atoms with van der Waals surface area (Å²) in [6.07, 6.45) is 3.39. The molecule has 1 unspecified atom stereocenters. The average molecular weight is 433 g/mol. The van der Waals surface area contributed by atoms with E-state index in [9.17, 15) is 13.6 Å². The van der Waals surface area contributed by atoms with Crippen molar-refractivity contribution in [3.8, 4) is 11.5 Å². The molecule has 0 aliphatic heterocycles. The van der Waals surface area contributed by atoms with Gasteiger partial charge >= 0.3 is 12.6 Å². The molecule has 3 aromatic rings. The van der Waals surface area contributed by atoms with Gasteiger partial charge in [0, 0.05) is 12.7 Å². The molecule has 1 aromatic carbocycles. The Kier molecular flexibility index (Phi) is 7.58. The van der Waals surface area contributed by atoms with Crippen LogP contribution >= 0.6 is 0 Å². The Morgan fingerprint density at radius 2 is 2.00 bits per heavy atom. The van der Waals surface area contributed by atoms with Crippen molar-refractivity contribution in [3.05, 3.63) is 54.0 Å². The van der Waals surface area contributed by atoms with Gasteiger partial charge in [-0.2, -0.15) is 8.78 Å². The molecule has 0 aliphatic rings. The molecule has 1 atom stereocenters. The van der Waals surface area contributed by atoms with Gasteiger partial charge < -0.3 is 20.1 Å². The highest BCUT2D eigenvalue weighted by molar-refractivity contribution is 5.74. The highest BCUT2D eigenvalue weighted by Gasteiger charge is 2.19. The number of hydrogen-bond acceptors (Lipinski definition) is 5. The predicted molar refractivity (Wildman–Crippen MR) is 110 cm³/mol. The standard InChI is InChI=1S/C21H25F2N5O3/c1-3-7-15(19-27-26-18-8-5-6-11-28(18)19)25-21(29)24-13-14-9-10-16(31-20(22)23)17(12-14)30-4-2/h5-6,8-12,15,20H,3-4,7,13H2,1-2H3,(H2,24,25,29). The van der Waals surface area contributed by atoms with Gasteiger partial charge in [0.15, 0.2) is 23.0 Å². The van der Waals surface area contributed by atoms with Crippen LogP contribution in [-0.4, -0.2) is 33.8 Å². The second kappa shape index (κ2) is 10.6. The van der Waals surface area contributed by atoms with Crippen molar-refractivity contribution in [1.82, 2.24) is 25.2 Å². The number of pyridine rings is 1. The van der Waals surface area contributed by atoms with Crippen LogP contribution < -0.4 is 20.1 Å². The number of alkyl halides is 2. The molecule has 0 saturated heterocycles. The van der Waals surface area contributed by atoms with Crippen LogP contribution in [0.2, 0.25) is 0 Å². The lowest BCUT2D eigenvalue weighted by molar-refractivity contribution is -0.0514. The first-order valence-corrected chi connectivity index (χ1v) is 10.1. The van der Waals surface area contributed by atoms with E-state index in [1.54, 1.807) is 19.1 Å². The number of carbonyl (C=O) groups excluding carboxylic acids is 1. The Labute approximate surface area is 178 Å². The first kappa shape index (κ1) is 22.3. The molecule has 2 heterocycles. The first-order valence-electron chi connectivity index (χ1n) is 10.1. The normalized spacial score (nSPS) is 12.0. The van der Waals surface area contributed by atoms with Crippen LogP contribution in [0.15, 0.2) is 42.6 Å². The molecule has 2 amide bonds. The fourth-order valence-corrected chi connectivity index (χ4v) is 3.17. The second-order valence-corrected chi connectivity index (χ2v) is 6.75. The lowest BCUT2D eigenvalue weighted by atomic mass is 10.1. The van der Waals surface area contributed by atoms with E-state index in [0.29, 0.717) is 30.1 Å². The van der Waals surface area contributed by atoms with Crippen LogP contribution in [0.1, 0.15) is 44.1 Å². The van der Waals surface area contributed by atoms with Crippen LogP contribution in [0, 0.1) is 0 Å². The summed E-state index contributed by atoms with van der Waals surface area (Å²) in [5, 5.41) is 14.1. The SMILES string of the molecule is CCCC(NC(=O)NCc1ccc(OC(F)F)c(OCC)c1)c1nnc2ccccn12. The number of ether oxygens (including phenoxy) is 2. The average Bonchev–Trinajstić information content (AvgIpc) is 3.17. The van der Waals surface area contributed by atoms with E-state index in [0.717, 1.165) is 6.42 Å². The number of nitrogens with one attached hydrogen (secondary N) is 2. The fourth-order valence-electron chi connectivity index (χ4n) is 3.17. The number of rotatable bonds is 10. The Morgan fingerprint density at radius 1 is 1.16 bits per heavy atom. The minimum absolute atomic E-state index is 0.0493. The van der Waals surface area contributed by atoms with Crippen LogP contribution in [-0.2, 0) is 6.54 Å². The molecule has 0 saturated carbocycles. The zero-order valence-corrected chi connectivity index (χ0v) is 17.3. The molecule has 10 heteroatoms. The van der Waals surface area contributed by atoms with Gasteiger partial charge in [-0.3, -0.25) is 4.40 Å². The lowest BCUT2D eigenvalue weighted by Gasteiger charge is -2.17. The highest BCUT2D eigenvalue weighted by Crippen LogP contribution is 2.30. The summed E-state index contributed by atoms with van der Waals surface area (Å²) in [5.41, 5.74) is 1.38. The summed E-state index contributed by atoms with van der Waals surface area (Å²) in [5.74, 6) is 0.799. The van der Waals surface area contributed by atoms with E-state index < -0.39 is 6.61 Å². The minimum Gasteiger partial charge on any atom is -0.490 e. The highest BCUT2D eigenvalue weighted by atomic mass is 19.3. The quantitative estimate of drug-likeness (QED) is 0.503. The van der Waals surface area contributed by atoms with Gasteiger partial charge in [0.2, 0.25) is 0 Å². The molecule has 0 radical (unpaired) electrons. The molecular formula is C21H25F2N5O3. The molecule has 0 fully saturated rings. The first-order chi connectivity index (χ1) is 15.0. The summed E-state index contributed by atoms with van der Waals surface area (Å²) in [7, 11) is 0. The monoisotopic (exact) mass is 433 g/mol. The number of benzene rings is 1. The fraction of sp³-hybridized carbons (Fsp3) is 0.381. The van der Waals surface area contributed by atoms with E-state index >= 15 is 0 Å². The van der Waals surface area contributed by atoms with Crippen molar-refractivity contribution in [2.45, 2.75) is 45.9 Å². The van der Waals surface area contributed by atoms with Gasteiger partial charge in [-0.1, -0.05) is 25.5 Å². The summed E-state index contributed by atoms with van der Waals surface area (Å²) in [6, 6.07) is 9.45. The molecule has 166 valence electrons. The van der Waals surface area contributed by atoms with Gasteiger partial charge in [0.05, 0.1) is 12.6 Å². The molecule has 8 nitrogen and oxygen atoms in total. The van der Waals surface area contributed by atoms with E-state index in [1.807, 2.05) is 35.7 Å². The van der Waals surface area contributed by atoms with Crippen molar-refractivity contribution in [2.75, 3.05) is 6.61 Å².